The number of amides is 2. The van der Waals surface area contributed by atoms with Crippen LogP contribution in [0.1, 0.15) is 24.0 Å². The lowest BCUT2D eigenvalue weighted by Crippen LogP contribution is -2.40. The van der Waals surface area contributed by atoms with E-state index in [4.69, 9.17) is 4.42 Å². The van der Waals surface area contributed by atoms with Crippen LogP contribution >= 0.6 is 0 Å². The Labute approximate surface area is 136 Å². The van der Waals surface area contributed by atoms with Gasteiger partial charge in [-0.05, 0) is 26.8 Å². The number of benzene rings is 1. The fourth-order valence-electron chi connectivity index (χ4n) is 2.32. The van der Waals surface area contributed by atoms with Gasteiger partial charge in [0.1, 0.15) is 17.1 Å². The van der Waals surface area contributed by atoms with Crippen molar-refractivity contribution in [1.82, 2.24) is 5.32 Å². The molecule has 130 valence electrons. The van der Waals surface area contributed by atoms with E-state index in [1.807, 2.05) is 0 Å². The first kappa shape index (κ1) is 17.9. The number of carbonyl (C=O) groups excluding carboxylic acids is 1. The Morgan fingerprint density at radius 2 is 1.79 bits per heavy atom. The third kappa shape index (κ3) is 3.88. The number of rotatable bonds is 4. The Bertz CT molecular complexity index is 749. The summed E-state index contributed by atoms with van der Waals surface area (Å²) in [6, 6.07) is 2.15. The number of anilines is 1. The lowest BCUT2D eigenvalue weighted by molar-refractivity contribution is 0.0584. The van der Waals surface area contributed by atoms with Crippen molar-refractivity contribution in [3.05, 3.63) is 52.7 Å². The van der Waals surface area contributed by atoms with Crippen LogP contribution in [0.3, 0.4) is 0 Å². The van der Waals surface area contributed by atoms with Gasteiger partial charge < -0.3 is 20.2 Å². The van der Waals surface area contributed by atoms with Crippen molar-refractivity contribution in [2.45, 2.75) is 26.4 Å². The van der Waals surface area contributed by atoms with E-state index in [0.717, 1.165) is 0 Å². The third-order valence-corrected chi connectivity index (χ3v) is 3.46. The molecule has 1 aromatic heterocycles. The van der Waals surface area contributed by atoms with Gasteiger partial charge in [0.2, 0.25) is 0 Å². The number of carbonyl (C=O) groups is 1. The zero-order valence-electron chi connectivity index (χ0n) is 13.3. The quantitative estimate of drug-likeness (QED) is 0.746. The minimum absolute atomic E-state index is 0.176. The van der Waals surface area contributed by atoms with Gasteiger partial charge in [0.05, 0.1) is 6.54 Å². The zero-order chi connectivity index (χ0) is 18.1. The van der Waals surface area contributed by atoms with Crippen LogP contribution in [0.15, 0.2) is 22.6 Å². The second-order valence-electron chi connectivity index (χ2n) is 5.66. The Morgan fingerprint density at radius 3 is 2.29 bits per heavy atom. The van der Waals surface area contributed by atoms with Crippen molar-refractivity contribution in [2.24, 2.45) is 0 Å². The molecule has 2 rings (SSSR count). The van der Waals surface area contributed by atoms with Gasteiger partial charge in [0.15, 0.2) is 17.5 Å². The molecule has 0 spiro atoms. The van der Waals surface area contributed by atoms with E-state index in [2.05, 4.69) is 10.6 Å². The van der Waals surface area contributed by atoms with Crippen molar-refractivity contribution in [3.8, 4) is 0 Å². The van der Waals surface area contributed by atoms with Gasteiger partial charge in [-0.3, -0.25) is 0 Å². The Morgan fingerprint density at radius 1 is 1.21 bits per heavy atom. The first-order chi connectivity index (χ1) is 11.1. The van der Waals surface area contributed by atoms with E-state index in [9.17, 15) is 23.1 Å². The van der Waals surface area contributed by atoms with E-state index in [1.165, 1.54) is 6.92 Å². The molecule has 0 aliphatic heterocycles. The fraction of sp³-hybridized carbons (Fsp3) is 0.312. The van der Waals surface area contributed by atoms with E-state index in [0.29, 0.717) is 29.2 Å². The molecule has 0 saturated carbocycles. The molecule has 0 bridgehead atoms. The zero-order valence-corrected chi connectivity index (χ0v) is 13.3. The molecule has 5 nitrogen and oxygen atoms in total. The number of aliphatic hydroxyl groups is 1. The summed E-state index contributed by atoms with van der Waals surface area (Å²) in [5.41, 5.74) is -1.14. The maximum Gasteiger partial charge on any atom is 0.319 e. The average molecular weight is 342 g/mol. The number of halogens is 3. The van der Waals surface area contributed by atoms with Gasteiger partial charge in [0, 0.05) is 23.4 Å². The molecule has 1 unspecified atom stereocenters. The third-order valence-electron chi connectivity index (χ3n) is 3.46. The van der Waals surface area contributed by atoms with Crippen LogP contribution < -0.4 is 10.6 Å². The Kier molecular flexibility index (Phi) is 4.88. The molecule has 3 N–H and O–H groups in total. The molecule has 1 atom stereocenters. The van der Waals surface area contributed by atoms with E-state index < -0.39 is 29.1 Å². The number of hydrogen-bond acceptors (Lipinski definition) is 3. The normalized spacial score (nSPS) is 13.5. The summed E-state index contributed by atoms with van der Waals surface area (Å²) in [7, 11) is 0. The number of hydrogen-bond donors (Lipinski definition) is 3. The summed E-state index contributed by atoms with van der Waals surface area (Å²) in [6.45, 7) is 4.72. The largest absolute Gasteiger partial charge is 0.466 e. The number of furan rings is 1. The van der Waals surface area contributed by atoms with Crippen molar-refractivity contribution in [1.29, 1.82) is 0 Å². The predicted molar refractivity (Wildman–Crippen MR) is 81.1 cm³/mol. The lowest BCUT2D eigenvalue weighted by Gasteiger charge is -2.23. The van der Waals surface area contributed by atoms with Crippen LogP contribution in [-0.2, 0) is 5.60 Å². The maximum absolute atomic E-state index is 13.1. The van der Waals surface area contributed by atoms with Crippen LogP contribution in [0.5, 0.6) is 0 Å². The monoisotopic (exact) mass is 342 g/mol. The highest BCUT2D eigenvalue weighted by Crippen LogP contribution is 2.26. The fourth-order valence-corrected chi connectivity index (χ4v) is 2.32. The smallest absolute Gasteiger partial charge is 0.319 e. The summed E-state index contributed by atoms with van der Waals surface area (Å²) in [6.07, 6.45) is 0. The second kappa shape index (κ2) is 6.56. The van der Waals surface area contributed by atoms with Gasteiger partial charge in [-0.1, -0.05) is 0 Å². The first-order valence-electron chi connectivity index (χ1n) is 7.09. The van der Waals surface area contributed by atoms with Crippen molar-refractivity contribution in [3.63, 3.8) is 0 Å². The summed E-state index contributed by atoms with van der Waals surface area (Å²) in [5.74, 6) is -3.31. The number of nitrogens with one attached hydrogen (secondary N) is 2. The van der Waals surface area contributed by atoms with Gasteiger partial charge in [0.25, 0.3) is 0 Å². The van der Waals surface area contributed by atoms with Gasteiger partial charge >= 0.3 is 6.03 Å². The SMILES string of the molecule is Cc1cc(C(C)(O)CNC(=O)Nc2cc(F)c(F)c(F)c2)c(C)o1. The highest BCUT2D eigenvalue weighted by atomic mass is 19.2. The molecular formula is C16H17F3N2O3. The van der Waals surface area contributed by atoms with Gasteiger partial charge in [-0.25, -0.2) is 18.0 Å². The molecule has 0 fully saturated rings. The van der Waals surface area contributed by atoms with Crippen molar-refractivity contribution in [2.75, 3.05) is 11.9 Å². The van der Waals surface area contributed by atoms with E-state index >= 15 is 0 Å². The Hall–Kier alpha value is -2.48. The van der Waals surface area contributed by atoms with E-state index in [1.54, 1.807) is 19.9 Å². The van der Waals surface area contributed by atoms with Crippen molar-refractivity contribution >= 4 is 11.7 Å². The summed E-state index contributed by atoms with van der Waals surface area (Å²) in [5, 5.41) is 15.0. The highest BCUT2D eigenvalue weighted by molar-refractivity contribution is 5.89. The molecule has 1 heterocycles. The van der Waals surface area contributed by atoms with Gasteiger partial charge in [-0.2, -0.15) is 0 Å². The summed E-state index contributed by atoms with van der Waals surface area (Å²) < 4.78 is 44.4. The van der Waals surface area contributed by atoms with E-state index in [-0.39, 0.29) is 12.2 Å². The second-order valence-corrected chi connectivity index (χ2v) is 5.66. The molecule has 8 heteroatoms. The lowest BCUT2D eigenvalue weighted by atomic mass is 9.96. The topological polar surface area (TPSA) is 74.5 Å². The average Bonchev–Trinajstić information content (AvgIpc) is 2.82. The standard InChI is InChI=1S/C16H17F3N2O3/c1-8-4-11(9(2)24-8)16(3,23)7-20-15(22)21-10-5-12(17)14(19)13(18)6-10/h4-6,23H,7H2,1-3H3,(H2,20,21,22). The molecule has 2 aromatic rings. The van der Waals surface area contributed by atoms with Gasteiger partial charge in [-0.15, -0.1) is 0 Å². The minimum Gasteiger partial charge on any atom is -0.466 e. The van der Waals surface area contributed by atoms with Crippen LogP contribution in [0.4, 0.5) is 23.7 Å². The summed E-state index contributed by atoms with van der Waals surface area (Å²) in [4.78, 5) is 11.8. The molecule has 2 amide bonds. The summed E-state index contributed by atoms with van der Waals surface area (Å²) >= 11 is 0. The molecule has 24 heavy (non-hydrogen) atoms. The molecule has 0 saturated heterocycles. The predicted octanol–water partition coefficient (Wildman–Crippen LogP) is 3.34. The first-order valence-corrected chi connectivity index (χ1v) is 7.09. The molecule has 0 aliphatic rings. The minimum atomic E-state index is -1.62. The maximum atomic E-state index is 13.1. The molecular weight excluding hydrogens is 325 g/mol. The van der Waals surface area contributed by atoms with Crippen LogP contribution in [0.25, 0.3) is 0 Å². The highest BCUT2D eigenvalue weighted by Gasteiger charge is 2.28. The van der Waals surface area contributed by atoms with Crippen LogP contribution in [0.2, 0.25) is 0 Å². The number of aryl methyl sites for hydroxylation is 2. The Balaban J connectivity index is 2.01. The molecule has 0 radical (unpaired) electrons. The number of urea groups is 1. The van der Waals surface area contributed by atoms with Crippen LogP contribution in [-0.4, -0.2) is 17.7 Å². The molecule has 1 aromatic carbocycles. The van der Waals surface area contributed by atoms with Crippen LogP contribution in [0, 0.1) is 31.3 Å². The van der Waals surface area contributed by atoms with Crippen molar-refractivity contribution < 1.29 is 27.5 Å². The molecule has 0 aliphatic carbocycles.